The largest absolute Gasteiger partial charge is 0.490 e. The summed E-state index contributed by atoms with van der Waals surface area (Å²) in [7, 11) is 0. The summed E-state index contributed by atoms with van der Waals surface area (Å²) in [6.07, 6.45) is -0.797. The van der Waals surface area contributed by atoms with Crippen molar-refractivity contribution in [1.82, 2.24) is 19.3 Å². The Labute approximate surface area is 225 Å². The zero-order valence-corrected chi connectivity index (χ0v) is 21.1. The number of halogens is 6. The van der Waals surface area contributed by atoms with Gasteiger partial charge in [-0.05, 0) is 17.5 Å². The molecule has 0 saturated carbocycles. The molecule has 0 atom stereocenters. The summed E-state index contributed by atoms with van der Waals surface area (Å²) in [6.45, 7) is 4.85. The number of piperazine rings is 1. The molecule has 10 nitrogen and oxygen atoms in total. The summed E-state index contributed by atoms with van der Waals surface area (Å²) in [5, 5.41) is 18.5. The van der Waals surface area contributed by atoms with Crippen molar-refractivity contribution < 1.29 is 50.6 Å². The number of furan rings is 1. The Hall–Kier alpha value is -4.12. The fourth-order valence-corrected chi connectivity index (χ4v) is 4.16. The lowest BCUT2D eigenvalue weighted by Crippen LogP contribution is -2.46. The average molecular weight is 594 g/mol. The second kappa shape index (κ2) is 12.8. The molecule has 0 bridgehead atoms. The fourth-order valence-electron chi connectivity index (χ4n) is 3.51. The van der Waals surface area contributed by atoms with Crippen LogP contribution in [0, 0.1) is 0 Å². The number of carboxylic acid groups (broad SMARTS) is 2. The molecule has 1 saturated heterocycles. The highest BCUT2D eigenvalue weighted by Gasteiger charge is 2.38. The first-order valence-corrected chi connectivity index (χ1v) is 12.1. The molecule has 216 valence electrons. The summed E-state index contributed by atoms with van der Waals surface area (Å²) in [4.78, 5) is 31.9. The van der Waals surface area contributed by atoms with Gasteiger partial charge in [-0.25, -0.2) is 19.6 Å². The lowest BCUT2D eigenvalue weighted by atomic mass is 10.2. The monoisotopic (exact) mass is 593 g/mol. The SMILES string of the molecule is O=C(O)C(F)(F)F.O=C(O)C(F)(F)F.c1cn2c(-c3ccsc3)cnc2c(N2CCN(Cc3ccoc3)CC2)n1. The zero-order valence-electron chi connectivity index (χ0n) is 20.3. The Morgan fingerprint density at radius 3 is 2.10 bits per heavy atom. The second-order valence-corrected chi connectivity index (χ2v) is 8.88. The molecule has 4 aromatic rings. The third-order valence-corrected chi connectivity index (χ3v) is 6.05. The number of alkyl halides is 6. The quantitative estimate of drug-likeness (QED) is 0.326. The maximum Gasteiger partial charge on any atom is 0.490 e. The van der Waals surface area contributed by atoms with Gasteiger partial charge < -0.3 is 19.5 Å². The molecule has 0 radical (unpaired) electrons. The third kappa shape index (κ3) is 8.19. The minimum absolute atomic E-state index is 0.928. The van der Waals surface area contributed by atoms with Gasteiger partial charge in [-0.2, -0.15) is 37.7 Å². The number of imidazole rings is 1. The Morgan fingerprint density at radius 2 is 1.60 bits per heavy atom. The predicted octanol–water partition coefficient (Wildman–Crippen LogP) is 4.64. The number of carboxylic acids is 2. The number of rotatable bonds is 4. The molecule has 4 aromatic heterocycles. The van der Waals surface area contributed by atoms with Gasteiger partial charge in [0.15, 0.2) is 11.5 Å². The highest BCUT2D eigenvalue weighted by atomic mass is 32.1. The summed E-state index contributed by atoms with van der Waals surface area (Å²) < 4.78 is 70.8. The molecule has 5 heterocycles. The molecule has 1 fully saturated rings. The van der Waals surface area contributed by atoms with E-state index in [4.69, 9.17) is 24.2 Å². The van der Waals surface area contributed by atoms with Crippen LogP contribution in [0.5, 0.6) is 0 Å². The van der Waals surface area contributed by atoms with Crippen molar-refractivity contribution in [2.24, 2.45) is 0 Å². The molecule has 17 heteroatoms. The first kappa shape index (κ1) is 30.4. The number of aromatic nitrogens is 3. The molecule has 0 aliphatic carbocycles. The molecular formula is C23H21F6N5O5S. The Kier molecular flexibility index (Phi) is 9.75. The Morgan fingerprint density at radius 1 is 0.975 bits per heavy atom. The second-order valence-electron chi connectivity index (χ2n) is 8.10. The molecule has 2 N–H and O–H groups in total. The van der Waals surface area contributed by atoms with E-state index in [1.54, 1.807) is 17.6 Å². The van der Waals surface area contributed by atoms with Crippen LogP contribution in [0.2, 0.25) is 0 Å². The van der Waals surface area contributed by atoms with E-state index in [0.29, 0.717) is 0 Å². The van der Waals surface area contributed by atoms with Crippen LogP contribution in [-0.4, -0.2) is 80.0 Å². The molecule has 40 heavy (non-hydrogen) atoms. The van der Waals surface area contributed by atoms with Crippen molar-refractivity contribution in [3.8, 4) is 11.3 Å². The zero-order chi connectivity index (χ0) is 29.5. The van der Waals surface area contributed by atoms with Crippen molar-refractivity contribution >= 4 is 34.7 Å². The number of nitrogens with zero attached hydrogens (tertiary/aromatic N) is 5. The highest BCUT2D eigenvalue weighted by Crippen LogP contribution is 2.27. The van der Waals surface area contributed by atoms with Crippen molar-refractivity contribution in [3.63, 3.8) is 0 Å². The maximum atomic E-state index is 10.6. The average Bonchev–Trinajstić information content (AvgIpc) is 3.66. The summed E-state index contributed by atoms with van der Waals surface area (Å²) in [5.41, 5.74) is 4.47. The minimum atomic E-state index is -5.08. The van der Waals surface area contributed by atoms with Crippen LogP contribution >= 0.6 is 11.3 Å². The predicted molar refractivity (Wildman–Crippen MR) is 130 cm³/mol. The van der Waals surface area contributed by atoms with Crippen LogP contribution in [0.3, 0.4) is 0 Å². The van der Waals surface area contributed by atoms with E-state index in [-0.39, 0.29) is 0 Å². The van der Waals surface area contributed by atoms with E-state index >= 15 is 0 Å². The van der Waals surface area contributed by atoms with Gasteiger partial charge in [-0.15, -0.1) is 0 Å². The number of hydrogen-bond donors (Lipinski definition) is 2. The van der Waals surface area contributed by atoms with E-state index in [9.17, 15) is 26.3 Å². The molecule has 1 aliphatic rings. The summed E-state index contributed by atoms with van der Waals surface area (Å²) >= 11 is 1.70. The molecule has 0 amide bonds. The van der Waals surface area contributed by atoms with Crippen molar-refractivity contribution in [2.45, 2.75) is 18.9 Å². The van der Waals surface area contributed by atoms with E-state index in [2.05, 4.69) is 41.0 Å². The molecule has 1 aliphatic heterocycles. The smallest absolute Gasteiger partial charge is 0.475 e. The van der Waals surface area contributed by atoms with Crippen LogP contribution in [-0.2, 0) is 16.1 Å². The topological polar surface area (TPSA) is 124 Å². The number of hydrogen-bond acceptors (Lipinski definition) is 8. The Bertz CT molecular complexity index is 1360. The van der Waals surface area contributed by atoms with E-state index < -0.39 is 24.3 Å². The molecule has 5 rings (SSSR count). The fraction of sp³-hybridized carbons (Fsp3) is 0.304. The normalized spacial score (nSPS) is 14.2. The van der Waals surface area contributed by atoms with Gasteiger partial charge in [0.05, 0.1) is 24.4 Å². The van der Waals surface area contributed by atoms with Gasteiger partial charge in [0.2, 0.25) is 0 Å². The summed E-state index contributed by atoms with van der Waals surface area (Å²) in [6, 6.07) is 4.16. The van der Waals surface area contributed by atoms with Crippen molar-refractivity contribution in [3.05, 3.63) is 59.6 Å². The number of thiophene rings is 1. The van der Waals surface area contributed by atoms with Gasteiger partial charge in [-0.1, -0.05) is 0 Å². The molecule has 0 spiro atoms. The number of aliphatic carboxylic acids is 2. The van der Waals surface area contributed by atoms with Crippen LogP contribution in [0.4, 0.5) is 32.2 Å². The number of anilines is 1. The van der Waals surface area contributed by atoms with Crippen molar-refractivity contribution in [1.29, 1.82) is 0 Å². The minimum Gasteiger partial charge on any atom is -0.475 e. The standard InChI is InChI=1S/C19H19N5OS.2C2HF3O2/c1-9-25-13-15(1)12-22-5-7-23(8-6-22)18-19-21-11-17(16-2-10-26-14-16)24(19)4-3-20-18;2*3-2(4,5)1(6)7/h1-4,9-11,13-14H,5-8,12H2;2*(H,6,7). The number of fused-ring (bicyclic) bond motifs is 1. The lowest BCUT2D eigenvalue weighted by molar-refractivity contribution is -0.193. The van der Waals surface area contributed by atoms with Crippen LogP contribution in [0.1, 0.15) is 5.56 Å². The van der Waals surface area contributed by atoms with E-state index in [1.807, 2.05) is 30.9 Å². The molecule has 0 unspecified atom stereocenters. The lowest BCUT2D eigenvalue weighted by Gasteiger charge is -2.35. The van der Waals surface area contributed by atoms with Gasteiger partial charge >= 0.3 is 24.3 Å². The molecule has 0 aromatic carbocycles. The van der Waals surface area contributed by atoms with E-state index in [0.717, 1.165) is 49.9 Å². The van der Waals surface area contributed by atoms with Gasteiger partial charge in [0.25, 0.3) is 0 Å². The first-order valence-electron chi connectivity index (χ1n) is 11.2. The summed E-state index contributed by atoms with van der Waals surface area (Å²) in [5.74, 6) is -4.54. The van der Waals surface area contributed by atoms with Gasteiger partial charge in [0.1, 0.15) is 0 Å². The first-order chi connectivity index (χ1) is 18.8. The van der Waals surface area contributed by atoms with Crippen molar-refractivity contribution in [2.75, 3.05) is 31.1 Å². The van der Waals surface area contributed by atoms with Crippen LogP contribution < -0.4 is 4.90 Å². The highest BCUT2D eigenvalue weighted by molar-refractivity contribution is 7.08. The number of carbonyl (C=O) groups is 2. The van der Waals surface area contributed by atoms with Crippen LogP contribution in [0.15, 0.2) is 58.4 Å². The van der Waals surface area contributed by atoms with Gasteiger partial charge in [-0.3, -0.25) is 9.30 Å². The third-order valence-electron chi connectivity index (χ3n) is 5.37. The van der Waals surface area contributed by atoms with E-state index in [1.165, 1.54) is 11.1 Å². The van der Waals surface area contributed by atoms with Crippen LogP contribution in [0.25, 0.3) is 16.9 Å². The Balaban J connectivity index is 0.000000263. The van der Waals surface area contributed by atoms with Gasteiger partial charge in [0, 0.05) is 61.6 Å². The maximum absolute atomic E-state index is 10.6. The molecular weight excluding hydrogens is 572 g/mol.